The van der Waals surface area contributed by atoms with Crippen LogP contribution in [0.4, 0.5) is 4.39 Å². The molecule has 22 heavy (non-hydrogen) atoms. The van der Waals surface area contributed by atoms with E-state index in [4.69, 9.17) is 5.26 Å². The largest absolute Gasteiger partial charge is 0.396 e. The van der Waals surface area contributed by atoms with Crippen LogP contribution in [0.3, 0.4) is 0 Å². The topological polar surface area (TPSA) is 81.4 Å². The zero-order chi connectivity index (χ0) is 16.4. The molecule has 1 aliphatic heterocycles. The summed E-state index contributed by atoms with van der Waals surface area (Å²) in [6.45, 7) is 2.66. The van der Waals surface area contributed by atoms with Gasteiger partial charge < -0.3 is 5.11 Å². The van der Waals surface area contributed by atoms with Crippen molar-refractivity contribution in [3.05, 3.63) is 29.6 Å². The highest BCUT2D eigenvalue weighted by molar-refractivity contribution is 7.89. The second-order valence-electron chi connectivity index (χ2n) is 5.67. The maximum absolute atomic E-state index is 13.3. The van der Waals surface area contributed by atoms with Crippen molar-refractivity contribution < 1.29 is 17.9 Å². The maximum atomic E-state index is 13.3. The zero-order valence-electron chi connectivity index (χ0n) is 12.4. The highest BCUT2D eigenvalue weighted by atomic mass is 32.2. The van der Waals surface area contributed by atoms with Crippen LogP contribution < -0.4 is 0 Å². The van der Waals surface area contributed by atoms with E-state index in [1.807, 2.05) is 6.92 Å². The van der Waals surface area contributed by atoms with Crippen LogP contribution in [0.2, 0.25) is 0 Å². The molecular formula is C15H19FN2O3S. The fraction of sp³-hybridized carbons (Fsp3) is 0.533. The SMILES string of the molecule is CCC1(CO)CCN(S(=O)(=O)c2ccc(F)c(C#N)c2)CC1. The minimum Gasteiger partial charge on any atom is -0.396 e. The molecule has 0 radical (unpaired) electrons. The summed E-state index contributed by atoms with van der Waals surface area (Å²) < 4.78 is 39.8. The highest BCUT2D eigenvalue weighted by Gasteiger charge is 2.37. The molecule has 0 bridgehead atoms. The fourth-order valence-corrected chi connectivity index (χ4v) is 4.19. The number of rotatable bonds is 4. The van der Waals surface area contributed by atoms with Crippen LogP contribution in [0, 0.1) is 22.6 Å². The number of nitrogens with zero attached hydrogens (tertiary/aromatic N) is 2. The molecule has 1 fully saturated rings. The first-order valence-corrected chi connectivity index (χ1v) is 8.63. The van der Waals surface area contributed by atoms with Gasteiger partial charge in [-0.05, 0) is 42.9 Å². The van der Waals surface area contributed by atoms with Crippen molar-refractivity contribution >= 4 is 10.0 Å². The Hall–Kier alpha value is -1.49. The Morgan fingerprint density at radius 3 is 2.55 bits per heavy atom. The van der Waals surface area contributed by atoms with E-state index in [2.05, 4.69) is 0 Å². The first-order valence-electron chi connectivity index (χ1n) is 7.19. The van der Waals surface area contributed by atoms with Gasteiger partial charge >= 0.3 is 0 Å². The summed E-state index contributed by atoms with van der Waals surface area (Å²) in [5.74, 6) is -0.731. The van der Waals surface area contributed by atoms with Gasteiger partial charge in [0.15, 0.2) is 0 Å². The molecule has 120 valence electrons. The fourth-order valence-electron chi connectivity index (χ4n) is 2.72. The van der Waals surface area contributed by atoms with Crippen molar-refractivity contribution in [3.63, 3.8) is 0 Å². The van der Waals surface area contributed by atoms with Gasteiger partial charge in [0.25, 0.3) is 0 Å². The van der Waals surface area contributed by atoms with Gasteiger partial charge in [-0.25, -0.2) is 12.8 Å². The molecule has 0 amide bonds. The first kappa shape index (κ1) is 16.9. The lowest BCUT2D eigenvalue weighted by Crippen LogP contribution is -2.44. The van der Waals surface area contributed by atoms with Gasteiger partial charge in [-0.1, -0.05) is 6.92 Å². The molecule has 2 rings (SSSR count). The molecule has 0 aromatic heterocycles. The van der Waals surface area contributed by atoms with E-state index in [0.717, 1.165) is 18.6 Å². The van der Waals surface area contributed by atoms with Crippen LogP contribution in [0.5, 0.6) is 0 Å². The Bertz CT molecular complexity index is 683. The van der Waals surface area contributed by atoms with Gasteiger partial charge in [-0.15, -0.1) is 0 Å². The lowest BCUT2D eigenvalue weighted by molar-refractivity contribution is 0.0647. The number of aliphatic hydroxyl groups excluding tert-OH is 1. The van der Waals surface area contributed by atoms with E-state index in [9.17, 15) is 17.9 Å². The molecule has 0 saturated carbocycles. The van der Waals surface area contributed by atoms with Crippen LogP contribution >= 0.6 is 0 Å². The van der Waals surface area contributed by atoms with Crippen molar-refractivity contribution in [1.29, 1.82) is 5.26 Å². The quantitative estimate of drug-likeness (QED) is 0.916. The van der Waals surface area contributed by atoms with Crippen molar-refractivity contribution in [2.45, 2.75) is 31.1 Å². The Morgan fingerprint density at radius 2 is 2.05 bits per heavy atom. The summed E-state index contributed by atoms with van der Waals surface area (Å²) in [6.07, 6.45) is 1.98. The van der Waals surface area contributed by atoms with Gasteiger partial charge in [0.2, 0.25) is 10.0 Å². The zero-order valence-corrected chi connectivity index (χ0v) is 13.2. The predicted molar refractivity (Wildman–Crippen MR) is 78.9 cm³/mol. The Labute approximate surface area is 130 Å². The standard InChI is InChI=1S/C15H19FN2O3S/c1-2-15(11-19)5-7-18(8-6-15)22(20,21)13-3-4-14(16)12(9-13)10-17/h3-4,9,19H,2,5-8,11H2,1H3. The van der Waals surface area contributed by atoms with Crippen molar-refractivity contribution in [3.8, 4) is 6.07 Å². The molecule has 1 N–H and O–H groups in total. The van der Waals surface area contributed by atoms with Crippen molar-refractivity contribution in [2.24, 2.45) is 5.41 Å². The normalized spacial score (nSPS) is 18.8. The van der Waals surface area contributed by atoms with Gasteiger partial charge in [-0.3, -0.25) is 0 Å². The lowest BCUT2D eigenvalue weighted by Gasteiger charge is -2.39. The van der Waals surface area contributed by atoms with E-state index in [-0.39, 0.29) is 22.5 Å². The molecule has 1 aliphatic rings. The maximum Gasteiger partial charge on any atom is 0.243 e. The number of hydrogen-bond donors (Lipinski definition) is 1. The minimum atomic E-state index is -3.74. The molecule has 1 heterocycles. The van der Waals surface area contributed by atoms with E-state index in [1.165, 1.54) is 10.4 Å². The summed E-state index contributed by atoms with van der Waals surface area (Å²) >= 11 is 0. The third kappa shape index (κ3) is 3.00. The van der Waals surface area contributed by atoms with Crippen LogP contribution in [-0.2, 0) is 10.0 Å². The number of halogens is 1. The third-order valence-electron chi connectivity index (χ3n) is 4.56. The Morgan fingerprint density at radius 1 is 1.41 bits per heavy atom. The molecule has 0 spiro atoms. The van der Waals surface area contributed by atoms with Gasteiger partial charge in [0.05, 0.1) is 10.5 Å². The number of hydrogen-bond acceptors (Lipinski definition) is 4. The molecular weight excluding hydrogens is 307 g/mol. The molecule has 1 aromatic carbocycles. The first-order chi connectivity index (χ1) is 10.4. The number of piperidine rings is 1. The molecule has 0 atom stereocenters. The summed E-state index contributed by atoms with van der Waals surface area (Å²) in [4.78, 5) is -0.0709. The van der Waals surface area contributed by atoms with Crippen LogP contribution in [0.1, 0.15) is 31.7 Å². The highest BCUT2D eigenvalue weighted by Crippen LogP contribution is 2.36. The van der Waals surface area contributed by atoms with Gasteiger partial charge in [0, 0.05) is 19.7 Å². The summed E-state index contributed by atoms with van der Waals surface area (Å²) in [5.41, 5.74) is -0.497. The second-order valence-corrected chi connectivity index (χ2v) is 7.61. The van der Waals surface area contributed by atoms with E-state index in [0.29, 0.717) is 25.9 Å². The minimum absolute atomic E-state index is 0.0481. The molecule has 1 aromatic rings. The van der Waals surface area contributed by atoms with Crippen LogP contribution in [0.15, 0.2) is 23.1 Å². The molecule has 1 saturated heterocycles. The van der Waals surface area contributed by atoms with Crippen molar-refractivity contribution in [2.75, 3.05) is 19.7 Å². The van der Waals surface area contributed by atoms with Crippen LogP contribution in [-0.4, -0.2) is 37.5 Å². The third-order valence-corrected chi connectivity index (χ3v) is 6.46. The number of aliphatic hydroxyl groups is 1. The predicted octanol–water partition coefficient (Wildman–Crippen LogP) is 1.87. The van der Waals surface area contributed by atoms with Gasteiger partial charge in [0.1, 0.15) is 11.9 Å². The molecule has 0 aliphatic carbocycles. The van der Waals surface area contributed by atoms with E-state index < -0.39 is 15.8 Å². The Balaban J connectivity index is 2.24. The van der Waals surface area contributed by atoms with Gasteiger partial charge in [-0.2, -0.15) is 9.57 Å². The number of nitriles is 1. The second kappa shape index (κ2) is 6.32. The Kier molecular flexibility index (Phi) is 4.85. The summed E-state index contributed by atoms with van der Waals surface area (Å²) in [7, 11) is -3.74. The molecule has 0 unspecified atom stereocenters. The summed E-state index contributed by atoms with van der Waals surface area (Å²) in [5, 5.41) is 18.3. The van der Waals surface area contributed by atoms with E-state index >= 15 is 0 Å². The molecule has 5 nitrogen and oxygen atoms in total. The van der Waals surface area contributed by atoms with E-state index in [1.54, 1.807) is 6.07 Å². The number of sulfonamides is 1. The van der Waals surface area contributed by atoms with Crippen molar-refractivity contribution in [1.82, 2.24) is 4.31 Å². The average molecular weight is 326 g/mol. The average Bonchev–Trinajstić information content (AvgIpc) is 2.55. The lowest BCUT2D eigenvalue weighted by atomic mass is 9.77. The molecule has 7 heteroatoms. The summed E-state index contributed by atoms with van der Waals surface area (Å²) in [6, 6.07) is 4.90. The smallest absolute Gasteiger partial charge is 0.243 e. The van der Waals surface area contributed by atoms with Crippen LogP contribution in [0.25, 0.3) is 0 Å². The number of benzene rings is 1. The monoisotopic (exact) mass is 326 g/mol.